The van der Waals surface area contributed by atoms with Crippen molar-refractivity contribution >= 4 is 5.91 Å². The summed E-state index contributed by atoms with van der Waals surface area (Å²) in [7, 11) is 3.26. The van der Waals surface area contributed by atoms with Gasteiger partial charge < -0.3 is 19.9 Å². The van der Waals surface area contributed by atoms with Crippen molar-refractivity contribution < 1.29 is 19.0 Å². The minimum atomic E-state index is -0.921. The molecule has 0 radical (unpaired) electrons. The van der Waals surface area contributed by atoms with Crippen LogP contribution in [0, 0.1) is 0 Å². The molecule has 29 heavy (non-hydrogen) atoms. The van der Waals surface area contributed by atoms with Gasteiger partial charge in [-0.2, -0.15) is 0 Å². The second-order valence-electron chi connectivity index (χ2n) is 6.57. The first-order valence-corrected chi connectivity index (χ1v) is 9.37. The van der Waals surface area contributed by atoms with Crippen LogP contribution in [0.5, 0.6) is 11.5 Å². The third-order valence-corrected chi connectivity index (χ3v) is 4.84. The van der Waals surface area contributed by atoms with E-state index in [2.05, 4.69) is 0 Å². The van der Waals surface area contributed by atoms with Crippen LogP contribution in [0.2, 0.25) is 0 Å². The van der Waals surface area contributed by atoms with Gasteiger partial charge in [-0.15, -0.1) is 0 Å². The number of ether oxygens (including phenoxy) is 3. The first-order valence-electron chi connectivity index (χ1n) is 9.37. The fraction of sp³-hybridized carbons (Fsp3) is 0.208. The Bertz CT molecular complexity index is 874. The number of amides is 1. The number of benzene rings is 3. The van der Waals surface area contributed by atoms with Crippen LogP contribution in [0.25, 0.3) is 0 Å². The minimum Gasteiger partial charge on any atom is -0.497 e. The molecule has 0 bridgehead atoms. The van der Waals surface area contributed by atoms with Gasteiger partial charge in [0.15, 0.2) is 0 Å². The van der Waals surface area contributed by atoms with E-state index in [0.29, 0.717) is 0 Å². The Morgan fingerprint density at radius 3 is 1.62 bits per heavy atom. The highest BCUT2D eigenvalue weighted by atomic mass is 16.5. The normalized spacial score (nSPS) is 11.1. The predicted octanol–water partition coefficient (Wildman–Crippen LogP) is 3.89. The largest absolute Gasteiger partial charge is 0.497 e. The molecule has 0 aromatic heterocycles. The van der Waals surface area contributed by atoms with E-state index in [4.69, 9.17) is 19.9 Å². The molecule has 5 nitrogen and oxygen atoms in total. The standard InChI is InChI=1S/C24H25NO4/c1-27-21-12-8-19(9-13-21)24(29-17-16-23(25)26,18-6-4-3-5-7-18)20-10-14-22(28-2)15-11-20/h3-15H,16-17H2,1-2H3,(H2,25,26). The maximum atomic E-state index is 11.4. The summed E-state index contributed by atoms with van der Waals surface area (Å²) >= 11 is 0. The van der Waals surface area contributed by atoms with Gasteiger partial charge in [0.2, 0.25) is 5.91 Å². The predicted molar refractivity (Wildman–Crippen MR) is 112 cm³/mol. The van der Waals surface area contributed by atoms with Gasteiger partial charge in [0, 0.05) is 6.42 Å². The number of methoxy groups -OCH3 is 2. The molecule has 150 valence electrons. The van der Waals surface area contributed by atoms with E-state index in [9.17, 15) is 4.79 Å². The molecule has 3 aromatic carbocycles. The van der Waals surface area contributed by atoms with Crippen molar-refractivity contribution in [2.75, 3.05) is 20.8 Å². The molecule has 5 heteroatoms. The van der Waals surface area contributed by atoms with E-state index in [-0.39, 0.29) is 13.0 Å². The van der Waals surface area contributed by atoms with Gasteiger partial charge in [0.1, 0.15) is 17.1 Å². The third-order valence-electron chi connectivity index (χ3n) is 4.84. The summed E-state index contributed by atoms with van der Waals surface area (Å²) in [4.78, 5) is 11.4. The molecule has 1 amide bonds. The number of rotatable bonds is 9. The zero-order valence-corrected chi connectivity index (χ0v) is 16.6. The maximum absolute atomic E-state index is 11.4. The number of carbonyl (C=O) groups is 1. The maximum Gasteiger partial charge on any atom is 0.219 e. The third kappa shape index (κ3) is 4.41. The van der Waals surface area contributed by atoms with Crippen molar-refractivity contribution in [1.82, 2.24) is 0 Å². The van der Waals surface area contributed by atoms with E-state index in [1.165, 1.54) is 0 Å². The monoisotopic (exact) mass is 391 g/mol. The van der Waals surface area contributed by atoms with Gasteiger partial charge in [-0.05, 0) is 41.0 Å². The lowest BCUT2D eigenvalue weighted by Crippen LogP contribution is -2.34. The number of hydrogen-bond donors (Lipinski definition) is 1. The highest BCUT2D eigenvalue weighted by molar-refractivity contribution is 5.73. The fourth-order valence-corrected chi connectivity index (χ4v) is 3.38. The van der Waals surface area contributed by atoms with Crippen LogP contribution in [0.1, 0.15) is 23.1 Å². The Labute approximate surface area is 171 Å². The first-order chi connectivity index (χ1) is 14.1. The zero-order valence-electron chi connectivity index (χ0n) is 16.6. The highest BCUT2D eigenvalue weighted by Crippen LogP contribution is 2.41. The number of hydrogen-bond acceptors (Lipinski definition) is 4. The van der Waals surface area contributed by atoms with Crippen LogP contribution in [0.15, 0.2) is 78.9 Å². The summed E-state index contributed by atoms with van der Waals surface area (Å²) in [6.07, 6.45) is 0.126. The van der Waals surface area contributed by atoms with Gasteiger partial charge in [0.05, 0.1) is 20.8 Å². The topological polar surface area (TPSA) is 70.8 Å². The van der Waals surface area contributed by atoms with Crippen LogP contribution in [-0.2, 0) is 15.1 Å². The van der Waals surface area contributed by atoms with Crippen molar-refractivity contribution in [3.05, 3.63) is 95.6 Å². The Morgan fingerprint density at radius 2 is 1.21 bits per heavy atom. The SMILES string of the molecule is COc1ccc(C(OCCC(N)=O)(c2ccccc2)c2ccc(OC)cc2)cc1. The number of carbonyl (C=O) groups excluding carboxylic acids is 1. The van der Waals surface area contributed by atoms with E-state index in [0.717, 1.165) is 28.2 Å². The van der Waals surface area contributed by atoms with Gasteiger partial charge >= 0.3 is 0 Å². The Morgan fingerprint density at radius 1 is 0.759 bits per heavy atom. The molecular formula is C24H25NO4. The highest BCUT2D eigenvalue weighted by Gasteiger charge is 2.37. The lowest BCUT2D eigenvalue weighted by molar-refractivity contribution is -0.120. The molecule has 0 unspecified atom stereocenters. The van der Waals surface area contributed by atoms with Crippen molar-refractivity contribution in [2.24, 2.45) is 5.73 Å². The van der Waals surface area contributed by atoms with Crippen molar-refractivity contribution in [2.45, 2.75) is 12.0 Å². The van der Waals surface area contributed by atoms with Crippen LogP contribution < -0.4 is 15.2 Å². The number of nitrogens with two attached hydrogens (primary N) is 1. The van der Waals surface area contributed by atoms with Crippen LogP contribution in [0.4, 0.5) is 0 Å². The van der Waals surface area contributed by atoms with Gasteiger partial charge in [-0.25, -0.2) is 0 Å². The van der Waals surface area contributed by atoms with Crippen molar-refractivity contribution in [3.8, 4) is 11.5 Å². The molecule has 0 aliphatic carbocycles. The second-order valence-corrected chi connectivity index (χ2v) is 6.57. The lowest BCUT2D eigenvalue weighted by Gasteiger charge is -2.36. The van der Waals surface area contributed by atoms with E-state index in [1.54, 1.807) is 14.2 Å². The Balaban J connectivity index is 2.19. The summed E-state index contributed by atoms with van der Waals surface area (Å²) in [5.41, 5.74) is 7.22. The van der Waals surface area contributed by atoms with Gasteiger partial charge in [-0.1, -0.05) is 54.6 Å². The van der Waals surface area contributed by atoms with Crippen LogP contribution >= 0.6 is 0 Å². The fourth-order valence-electron chi connectivity index (χ4n) is 3.38. The molecule has 0 heterocycles. The molecule has 0 aliphatic heterocycles. The summed E-state index contributed by atoms with van der Waals surface area (Å²) in [5, 5.41) is 0. The average Bonchev–Trinajstić information content (AvgIpc) is 2.77. The summed E-state index contributed by atoms with van der Waals surface area (Å²) in [6, 6.07) is 25.4. The Hall–Kier alpha value is -3.31. The second kappa shape index (κ2) is 9.26. The molecule has 0 spiro atoms. The molecule has 3 rings (SSSR count). The minimum absolute atomic E-state index is 0.126. The molecule has 0 aliphatic rings. The first kappa shape index (κ1) is 20.4. The smallest absolute Gasteiger partial charge is 0.219 e. The summed E-state index contributed by atoms with van der Waals surface area (Å²) < 4.78 is 17.1. The summed E-state index contributed by atoms with van der Waals surface area (Å²) in [6.45, 7) is 0.183. The Kier molecular flexibility index (Phi) is 6.52. The molecule has 3 aromatic rings. The van der Waals surface area contributed by atoms with Crippen molar-refractivity contribution in [3.63, 3.8) is 0 Å². The molecule has 0 atom stereocenters. The quantitative estimate of drug-likeness (QED) is 0.562. The molecule has 2 N–H and O–H groups in total. The van der Waals surface area contributed by atoms with E-state index >= 15 is 0 Å². The number of primary amides is 1. The van der Waals surface area contributed by atoms with Crippen LogP contribution in [0.3, 0.4) is 0 Å². The molecule has 0 fully saturated rings. The lowest BCUT2D eigenvalue weighted by atomic mass is 9.80. The molecule has 0 saturated carbocycles. The summed E-state index contributed by atoms with van der Waals surface area (Å²) in [5.74, 6) is 1.10. The van der Waals surface area contributed by atoms with Gasteiger partial charge in [0.25, 0.3) is 0 Å². The average molecular weight is 391 g/mol. The van der Waals surface area contributed by atoms with Crippen molar-refractivity contribution in [1.29, 1.82) is 0 Å². The zero-order chi connectivity index (χ0) is 20.7. The van der Waals surface area contributed by atoms with Crippen LogP contribution in [-0.4, -0.2) is 26.7 Å². The van der Waals surface area contributed by atoms with E-state index in [1.807, 2.05) is 78.9 Å². The van der Waals surface area contributed by atoms with Gasteiger partial charge in [-0.3, -0.25) is 4.79 Å². The molecule has 0 saturated heterocycles. The van der Waals surface area contributed by atoms with E-state index < -0.39 is 11.5 Å². The molecular weight excluding hydrogens is 366 g/mol.